The van der Waals surface area contributed by atoms with Crippen LogP contribution in [0.15, 0.2) is 72.0 Å². The predicted molar refractivity (Wildman–Crippen MR) is 166 cm³/mol. The summed E-state index contributed by atoms with van der Waals surface area (Å²) in [5.74, 6) is 0.261. The van der Waals surface area contributed by atoms with Crippen LogP contribution in [-0.2, 0) is 24.1 Å². The van der Waals surface area contributed by atoms with Gasteiger partial charge in [-0.3, -0.25) is 9.69 Å². The molecule has 3 amide bonds. The Labute approximate surface area is 261 Å². The number of alkyl halides is 3. The van der Waals surface area contributed by atoms with Crippen molar-refractivity contribution in [3.05, 3.63) is 89.2 Å². The van der Waals surface area contributed by atoms with Crippen LogP contribution in [-0.4, -0.2) is 50.0 Å². The van der Waals surface area contributed by atoms with E-state index in [-0.39, 0.29) is 23.5 Å². The van der Waals surface area contributed by atoms with Crippen molar-refractivity contribution in [3.63, 3.8) is 0 Å². The molecular formula is C32H29F3N6O3S. The molecule has 232 valence electrons. The topological polar surface area (TPSA) is 102 Å². The van der Waals surface area contributed by atoms with Crippen LogP contribution in [0.2, 0.25) is 0 Å². The molecule has 13 heteroatoms. The minimum atomic E-state index is -4.76. The van der Waals surface area contributed by atoms with Crippen molar-refractivity contribution >= 4 is 34.6 Å². The lowest BCUT2D eigenvalue weighted by Crippen LogP contribution is -2.36. The minimum Gasteiger partial charge on any atom is -0.406 e. The molecule has 1 saturated heterocycles. The van der Waals surface area contributed by atoms with Crippen molar-refractivity contribution in [1.29, 1.82) is 0 Å². The summed E-state index contributed by atoms with van der Waals surface area (Å²) in [4.78, 5) is 36.2. The lowest BCUT2D eigenvalue weighted by atomic mass is 10.0. The fourth-order valence-corrected chi connectivity index (χ4v) is 6.38. The number of rotatable bonds is 7. The second-order valence-electron chi connectivity index (χ2n) is 10.9. The lowest BCUT2D eigenvalue weighted by Gasteiger charge is -2.20. The SMILES string of the molecule is CCCc1ccc(C)cc1N1C(=O)CS/C1=N\C(=O)NC1Cc2ccc(-c3ncn(-c4ccc(OC(F)(F)F)cc4)n3)cc2C1. The van der Waals surface area contributed by atoms with Crippen molar-refractivity contribution in [2.24, 2.45) is 4.99 Å². The van der Waals surface area contributed by atoms with Crippen molar-refractivity contribution in [1.82, 2.24) is 20.1 Å². The highest BCUT2D eigenvalue weighted by Gasteiger charge is 2.33. The molecule has 1 N–H and O–H groups in total. The Morgan fingerprint density at radius 3 is 2.62 bits per heavy atom. The Morgan fingerprint density at radius 2 is 1.87 bits per heavy atom. The highest BCUT2D eigenvalue weighted by atomic mass is 32.2. The van der Waals surface area contributed by atoms with E-state index in [1.54, 1.807) is 4.90 Å². The normalized spacial score (nSPS) is 17.2. The summed E-state index contributed by atoms with van der Waals surface area (Å²) >= 11 is 1.26. The number of nitrogens with zero attached hydrogens (tertiary/aromatic N) is 5. The minimum absolute atomic E-state index is 0.0983. The number of halogens is 3. The Bertz CT molecular complexity index is 1790. The second kappa shape index (κ2) is 12.4. The maximum Gasteiger partial charge on any atom is 0.573 e. The number of aliphatic imine (C=N–C) groups is 1. The number of hydrogen-bond donors (Lipinski definition) is 1. The van der Waals surface area contributed by atoms with E-state index in [4.69, 9.17) is 0 Å². The summed E-state index contributed by atoms with van der Waals surface area (Å²) in [5, 5.41) is 7.86. The van der Waals surface area contributed by atoms with Crippen LogP contribution in [0.25, 0.3) is 17.1 Å². The van der Waals surface area contributed by atoms with Gasteiger partial charge >= 0.3 is 12.4 Å². The van der Waals surface area contributed by atoms with Gasteiger partial charge in [-0.1, -0.05) is 49.4 Å². The summed E-state index contributed by atoms with van der Waals surface area (Å²) in [6.07, 6.45) is -0.305. The van der Waals surface area contributed by atoms with E-state index >= 15 is 0 Å². The summed E-state index contributed by atoms with van der Waals surface area (Å²) in [5.41, 5.74) is 6.29. The van der Waals surface area contributed by atoms with E-state index in [9.17, 15) is 22.8 Å². The van der Waals surface area contributed by atoms with Gasteiger partial charge in [0.15, 0.2) is 11.0 Å². The Balaban J connectivity index is 1.12. The highest BCUT2D eigenvalue weighted by Crippen LogP contribution is 2.32. The van der Waals surface area contributed by atoms with E-state index in [0.717, 1.165) is 46.3 Å². The smallest absolute Gasteiger partial charge is 0.406 e. The van der Waals surface area contributed by atoms with Gasteiger partial charge in [0, 0.05) is 11.6 Å². The summed E-state index contributed by atoms with van der Waals surface area (Å²) in [7, 11) is 0. The van der Waals surface area contributed by atoms with Gasteiger partial charge in [0.25, 0.3) is 0 Å². The number of amidine groups is 1. The van der Waals surface area contributed by atoms with Crippen molar-refractivity contribution in [2.75, 3.05) is 10.7 Å². The number of aryl methyl sites for hydroxylation is 2. The molecule has 1 atom stereocenters. The molecular weight excluding hydrogens is 605 g/mol. The third kappa shape index (κ3) is 6.88. The number of fused-ring (bicyclic) bond motifs is 1. The van der Waals surface area contributed by atoms with Crippen LogP contribution < -0.4 is 15.0 Å². The van der Waals surface area contributed by atoms with Gasteiger partial charge < -0.3 is 10.1 Å². The highest BCUT2D eigenvalue weighted by molar-refractivity contribution is 8.15. The fraction of sp³-hybridized carbons (Fsp3) is 0.281. The third-order valence-electron chi connectivity index (χ3n) is 7.52. The largest absolute Gasteiger partial charge is 0.573 e. The molecule has 9 nitrogen and oxygen atoms in total. The molecule has 1 fully saturated rings. The quantitative estimate of drug-likeness (QED) is 0.252. The summed E-state index contributed by atoms with van der Waals surface area (Å²) in [6, 6.07) is 16.6. The third-order valence-corrected chi connectivity index (χ3v) is 8.44. The molecule has 0 saturated carbocycles. The lowest BCUT2D eigenvalue weighted by molar-refractivity contribution is -0.274. The van der Waals surface area contributed by atoms with Crippen LogP contribution >= 0.6 is 11.8 Å². The van der Waals surface area contributed by atoms with Crippen LogP contribution in [0, 0.1) is 6.92 Å². The summed E-state index contributed by atoms with van der Waals surface area (Å²) < 4.78 is 42.8. The molecule has 45 heavy (non-hydrogen) atoms. The zero-order valence-corrected chi connectivity index (χ0v) is 25.3. The number of hydrogen-bond acceptors (Lipinski definition) is 6. The molecule has 0 spiro atoms. The van der Waals surface area contributed by atoms with Crippen molar-refractivity contribution in [3.8, 4) is 22.8 Å². The van der Waals surface area contributed by atoms with Crippen molar-refractivity contribution < 1.29 is 27.5 Å². The number of carbonyl (C=O) groups is 2. The zero-order valence-electron chi connectivity index (χ0n) is 24.5. The van der Waals surface area contributed by atoms with Crippen molar-refractivity contribution in [2.45, 2.75) is 51.9 Å². The number of carbonyl (C=O) groups excluding carboxylic acids is 2. The molecule has 1 aliphatic heterocycles. The first-order valence-electron chi connectivity index (χ1n) is 14.4. The molecule has 2 heterocycles. The zero-order chi connectivity index (χ0) is 31.7. The molecule has 0 radical (unpaired) electrons. The summed E-state index contributed by atoms with van der Waals surface area (Å²) in [6.45, 7) is 4.06. The van der Waals surface area contributed by atoms with E-state index < -0.39 is 12.4 Å². The van der Waals surface area contributed by atoms with Crippen LogP contribution in [0.5, 0.6) is 5.75 Å². The van der Waals surface area contributed by atoms with Gasteiger partial charge in [-0.2, -0.15) is 4.99 Å². The molecule has 1 unspecified atom stereocenters. The van der Waals surface area contributed by atoms with E-state index in [2.05, 4.69) is 32.1 Å². The predicted octanol–water partition coefficient (Wildman–Crippen LogP) is 6.41. The standard InChI is InChI=1S/C32H29F3N6O3S/c1-3-4-20-6-5-19(2)13-27(20)41-28(42)17-45-31(41)38-30(43)37-24-15-21-7-8-22(14-23(21)16-24)29-36-18-40(39-29)25-9-11-26(12-10-25)44-32(33,34)35/h5-14,18,24H,3-4,15-17H2,1-2H3,(H,37,43)/b38-31-. The number of anilines is 1. The average molecular weight is 635 g/mol. The van der Waals surface area contributed by atoms with Crippen LogP contribution in [0.1, 0.15) is 35.6 Å². The number of amides is 3. The number of nitrogens with one attached hydrogen (secondary N) is 1. The van der Waals surface area contributed by atoms with Gasteiger partial charge in [-0.15, -0.1) is 18.3 Å². The average Bonchev–Trinajstić information content (AvgIpc) is 3.72. The molecule has 3 aromatic carbocycles. The Morgan fingerprint density at radius 1 is 1.09 bits per heavy atom. The van der Waals surface area contributed by atoms with Gasteiger partial charge in [0.1, 0.15) is 12.1 Å². The number of thioether (sulfide) groups is 1. The molecule has 0 bridgehead atoms. The molecule has 1 aliphatic carbocycles. The van der Waals surface area contributed by atoms with Gasteiger partial charge in [0.2, 0.25) is 5.91 Å². The van der Waals surface area contributed by atoms with Gasteiger partial charge in [-0.05, 0) is 84.8 Å². The first kappa shape index (κ1) is 30.4. The monoisotopic (exact) mass is 634 g/mol. The Kier molecular flexibility index (Phi) is 8.36. The first-order valence-corrected chi connectivity index (χ1v) is 15.4. The Hall–Kier alpha value is -4.65. The molecule has 1 aromatic heterocycles. The maximum absolute atomic E-state index is 13.0. The first-order chi connectivity index (χ1) is 21.6. The van der Waals surface area contributed by atoms with Crippen LogP contribution in [0.3, 0.4) is 0 Å². The number of urea groups is 1. The number of ether oxygens (including phenoxy) is 1. The fourth-order valence-electron chi connectivity index (χ4n) is 5.52. The second-order valence-corrected chi connectivity index (χ2v) is 11.8. The number of aromatic nitrogens is 3. The molecule has 2 aliphatic rings. The van der Waals surface area contributed by atoms with Gasteiger partial charge in [0.05, 0.1) is 17.1 Å². The molecule has 6 rings (SSSR count). The number of benzene rings is 3. The molecule has 4 aromatic rings. The van der Waals surface area contributed by atoms with E-state index in [1.807, 2.05) is 43.3 Å². The van der Waals surface area contributed by atoms with E-state index in [0.29, 0.717) is 29.5 Å². The van der Waals surface area contributed by atoms with Gasteiger partial charge in [-0.25, -0.2) is 14.5 Å². The van der Waals surface area contributed by atoms with E-state index in [1.165, 1.54) is 47.0 Å². The van der Waals surface area contributed by atoms with Crippen LogP contribution in [0.4, 0.5) is 23.7 Å². The maximum atomic E-state index is 13.0.